The van der Waals surface area contributed by atoms with Crippen molar-refractivity contribution in [2.45, 2.75) is 26.7 Å². The minimum absolute atomic E-state index is 0.158. The summed E-state index contributed by atoms with van der Waals surface area (Å²) >= 11 is 0. The Bertz CT molecular complexity index is 896. The van der Waals surface area contributed by atoms with Crippen molar-refractivity contribution in [3.05, 3.63) is 105 Å². The van der Waals surface area contributed by atoms with E-state index < -0.39 is 11.6 Å². The summed E-state index contributed by atoms with van der Waals surface area (Å²) in [6, 6.07) is 15.7. The summed E-state index contributed by atoms with van der Waals surface area (Å²) in [5, 5.41) is 0. The molecule has 0 bridgehead atoms. The van der Waals surface area contributed by atoms with Gasteiger partial charge in [-0.1, -0.05) is 54.1 Å². The van der Waals surface area contributed by atoms with Crippen molar-refractivity contribution in [2.24, 2.45) is 0 Å². The summed E-state index contributed by atoms with van der Waals surface area (Å²) in [6.45, 7) is 3.64. The molecule has 0 saturated heterocycles. The SMILES string of the molecule is Cc1ccc(Cc2ccc(Cc3ccc(C)c(F)c3)c(F)c2F)cc1. The third-order valence-electron chi connectivity index (χ3n) is 4.39. The Balaban J connectivity index is 1.84. The fraction of sp³-hybridized carbons (Fsp3) is 0.182. The minimum atomic E-state index is -0.856. The monoisotopic (exact) mass is 340 g/mol. The molecule has 3 heteroatoms. The third-order valence-corrected chi connectivity index (χ3v) is 4.39. The lowest BCUT2D eigenvalue weighted by atomic mass is 9.98. The summed E-state index contributed by atoms with van der Waals surface area (Å²) in [6.07, 6.45) is 0.493. The number of hydrogen-bond acceptors (Lipinski definition) is 0. The van der Waals surface area contributed by atoms with Gasteiger partial charge in [-0.2, -0.15) is 0 Å². The molecule has 0 atom stereocenters. The second-order valence-electron chi connectivity index (χ2n) is 6.43. The molecule has 0 aliphatic heterocycles. The molecule has 0 nitrogen and oxygen atoms in total. The standard InChI is InChI=1S/C22H19F3/c1-14-3-6-16(7-4-14)11-18-9-10-19(22(25)21(18)24)12-17-8-5-15(2)20(23)13-17/h3-10,13H,11-12H2,1-2H3. The first-order valence-corrected chi connectivity index (χ1v) is 8.20. The van der Waals surface area contributed by atoms with Crippen molar-refractivity contribution in [3.63, 3.8) is 0 Å². The zero-order valence-electron chi connectivity index (χ0n) is 14.2. The van der Waals surface area contributed by atoms with Gasteiger partial charge >= 0.3 is 0 Å². The van der Waals surface area contributed by atoms with E-state index in [0.29, 0.717) is 23.1 Å². The summed E-state index contributed by atoms with van der Waals surface area (Å²) in [7, 11) is 0. The molecule has 25 heavy (non-hydrogen) atoms. The van der Waals surface area contributed by atoms with Gasteiger partial charge < -0.3 is 0 Å². The highest BCUT2D eigenvalue weighted by Gasteiger charge is 2.14. The van der Waals surface area contributed by atoms with Crippen LogP contribution in [0.3, 0.4) is 0 Å². The van der Waals surface area contributed by atoms with E-state index in [2.05, 4.69) is 0 Å². The lowest BCUT2D eigenvalue weighted by Crippen LogP contribution is -2.02. The van der Waals surface area contributed by atoms with E-state index in [0.717, 1.165) is 11.1 Å². The van der Waals surface area contributed by atoms with Gasteiger partial charge in [0.2, 0.25) is 0 Å². The minimum Gasteiger partial charge on any atom is -0.207 e. The van der Waals surface area contributed by atoms with Crippen LogP contribution in [0.2, 0.25) is 0 Å². The van der Waals surface area contributed by atoms with Crippen LogP contribution in [-0.2, 0) is 12.8 Å². The highest BCUT2D eigenvalue weighted by Crippen LogP contribution is 2.22. The van der Waals surface area contributed by atoms with Gasteiger partial charge in [0, 0.05) is 12.8 Å². The maximum Gasteiger partial charge on any atom is 0.162 e. The Labute approximate surface area is 146 Å². The molecule has 0 aliphatic carbocycles. The van der Waals surface area contributed by atoms with Crippen molar-refractivity contribution >= 4 is 0 Å². The van der Waals surface area contributed by atoms with Crippen LogP contribution in [0.5, 0.6) is 0 Å². The van der Waals surface area contributed by atoms with Gasteiger partial charge in [-0.15, -0.1) is 0 Å². The predicted octanol–water partition coefficient (Wildman–Crippen LogP) is 5.90. The van der Waals surface area contributed by atoms with Gasteiger partial charge in [0.25, 0.3) is 0 Å². The van der Waals surface area contributed by atoms with Crippen LogP contribution in [0.15, 0.2) is 54.6 Å². The molecule has 0 N–H and O–H groups in total. The van der Waals surface area contributed by atoms with E-state index in [1.807, 2.05) is 31.2 Å². The molecule has 0 aliphatic rings. The molecular weight excluding hydrogens is 321 g/mol. The number of hydrogen-bond donors (Lipinski definition) is 0. The van der Waals surface area contributed by atoms with Gasteiger partial charge in [-0.3, -0.25) is 0 Å². The van der Waals surface area contributed by atoms with Crippen LogP contribution in [0.25, 0.3) is 0 Å². The first kappa shape index (κ1) is 17.3. The van der Waals surface area contributed by atoms with E-state index in [1.165, 1.54) is 6.07 Å². The zero-order valence-corrected chi connectivity index (χ0v) is 14.2. The molecule has 3 aromatic rings. The highest BCUT2D eigenvalue weighted by atomic mass is 19.2. The third kappa shape index (κ3) is 3.93. The number of aryl methyl sites for hydroxylation is 2. The molecule has 3 rings (SSSR count). The van der Waals surface area contributed by atoms with Crippen molar-refractivity contribution in [2.75, 3.05) is 0 Å². The molecule has 128 valence electrons. The summed E-state index contributed by atoms with van der Waals surface area (Å²) < 4.78 is 42.5. The molecular formula is C22H19F3. The molecule has 0 unspecified atom stereocenters. The number of rotatable bonds is 4. The van der Waals surface area contributed by atoms with E-state index in [1.54, 1.807) is 31.2 Å². The Morgan fingerprint density at radius 2 is 1.16 bits per heavy atom. The van der Waals surface area contributed by atoms with Crippen molar-refractivity contribution < 1.29 is 13.2 Å². The molecule has 0 amide bonds. The maximum absolute atomic E-state index is 14.4. The van der Waals surface area contributed by atoms with Gasteiger partial charge in [-0.05, 0) is 47.7 Å². The van der Waals surface area contributed by atoms with Crippen LogP contribution >= 0.6 is 0 Å². The van der Waals surface area contributed by atoms with Crippen LogP contribution in [0.4, 0.5) is 13.2 Å². The Morgan fingerprint density at radius 1 is 0.640 bits per heavy atom. The predicted molar refractivity (Wildman–Crippen MR) is 94.3 cm³/mol. The normalized spacial score (nSPS) is 10.9. The average Bonchev–Trinajstić information content (AvgIpc) is 2.59. The largest absolute Gasteiger partial charge is 0.207 e. The van der Waals surface area contributed by atoms with Gasteiger partial charge in [0.1, 0.15) is 5.82 Å². The van der Waals surface area contributed by atoms with E-state index in [9.17, 15) is 13.2 Å². The topological polar surface area (TPSA) is 0 Å². The smallest absolute Gasteiger partial charge is 0.162 e. The van der Waals surface area contributed by atoms with E-state index in [-0.39, 0.29) is 17.8 Å². The first-order valence-electron chi connectivity index (χ1n) is 8.20. The fourth-order valence-electron chi connectivity index (χ4n) is 2.79. The molecule has 0 radical (unpaired) electrons. The summed E-state index contributed by atoms with van der Waals surface area (Å²) in [5.74, 6) is -2.02. The Kier molecular flexibility index (Phi) is 4.93. The second-order valence-corrected chi connectivity index (χ2v) is 6.43. The van der Waals surface area contributed by atoms with E-state index >= 15 is 0 Å². The van der Waals surface area contributed by atoms with Crippen molar-refractivity contribution in [1.29, 1.82) is 0 Å². The molecule has 3 aromatic carbocycles. The molecule has 0 heterocycles. The Hall–Kier alpha value is -2.55. The van der Waals surface area contributed by atoms with Gasteiger partial charge in [0.15, 0.2) is 11.6 Å². The average molecular weight is 340 g/mol. The van der Waals surface area contributed by atoms with Gasteiger partial charge in [0.05, 0.1) is 0 Å². The lowest BCUT2D eigenvalue weighted by Gasteiger charge is -2.10. The van der Waals surface area contributed by atoms with Crippen molar-refractivity contribution in [3.8, 4) is 0 Å². The van der Waals surface area contributed by atoms with Crippen LogP contribution in [0, 0.1) is 31.3 Å². The quantitative estimate of drug-likeness (QED) is 0.554. The molecule has 0 spiro atoms. The van der Waals surface area contributed by atoms with Crippen LogP contribution in [-0.4, -0.2) is 0 Å². The lowest BCUT2D eigenvalue weighted by molar-refractivity contribution is 0.493. The first-order chi connectivity index (χ1) is 11.9. The highest BCUT2D eigenvalue weighted by molar-refractivity contribution is 5.35. The number of benzene rings is 3. The molecule has 0 aromatic heterocycles. The van der Waals surface area contributed by atoms with E-state index in [4.69, 9.17) is 0 Å². The van der Waals surface area contributed by atoms with Crippen molar-refractivity contribution in [1.82, 2.24) is 0 Å². The van der Waals surface area contributed by atoms with Crippen LogP contribution in [0.1, 0.15) is 33.4 Å². The van der Waals surface area contributed by atoms with Crippen LogP contribution < -0.4 is 0 Å². The second kappa shape index (κ2) is 7.14. The number of halogens is 3. The summed E-state index contributed by atoms with van der Waals surface area (Å²) in [4.78, 5) is 0. The summed E-state index contributed by atoms with van der Waals surface area (Å²) in [5.41, 5.74) is 3.75. The van der Waals surface area contributed by atoms with Gasteiger partial charge in [-0.25, -0.2) is 13.2 Å². The molecule has 0 saturated carbocycles. The molecule has 0 fully saturated rings. The fourth-order valence-corrected chi connectivity index (χ4v) is 2.79. The Morgan fingerprint density at radius 3 is 1.72 bits per heavy atom. The maximum atomic E-state index is 14.4. The zero-order chi connectivity index (χ0) is 18.0.